The zero-order valence-corrected chi connectivity index (χ0v) is 12.3. The fraction of sp³-hybridized carbons (Fsp3) is 0.235. The first-order valence-corrected chi connectivity index (χ1v) is 7.20. The van der Waals surface area contributed by atoms with Gasteiger partial charge in [0.2, 0.25) is 5.91 Å². The van der Waals surface area contributed by atoms with Gasteiger partial charge in [-0.25, -0.2) is 8.78 Å². The van der Waals surface area contributed by atoms with Crippen molar-refractivity contribution in [2.75, 3.05) is 11.4 Å². The van der Waals surface area contributed by atoms with Crippen molar-refractivity contribution in [3.05, 3.63) is 64.7 Å². The molecule has 0 aromatic heterocycles. The second-order valence-electron chi connectivity index (χ2n) is 5.55. The molecule has 1 amide bonds. The predicted octanol–water partition coefficient (Wildman–Crippen LogP) is 4.12. The van der Waals surface area contributed by atoms with Gasteiger partial charge in [-0.15, -0.1) is 0 Å². The molecule has 0 N–H and O–H groups in total. The molecular weight excluding hydrogens is 329 g/mol. The quantitative estimate of drug-likeness (QED) is 0.753. The summed E-state index contributed by atoms with van der Waals surface area (Å²) in [6, 6.07) is 6.12. The van der Waals surface area contributed by atoms with Crippen molar-refractivity contribution in [2.45, 2.75) is 19.0 Å². The summed E-state index contributed by atoms with van der Waals surface area (Å²) in [7, 11) is 0. The van der Waals surface area contributed by atoms with Crippen molar-refractivity contribution < 1.29 is 26.7 Å². The zero-order valence-electron chi connectivity index (χ0n) is 12.3. The molecule has 24 heavy (non-hydrogen) atoms. The maximum absolute atomic E-state index is 13.7. The van der Waals surface area contributed by atoms with E-state index in [0.717, 1.165) is 24.3 Å². The number of nitrogens with zero attached hydrogens (tertiary/aromatic N) is 1. The Kier molecular flexibility index (Phi) is 4.03. The van der Waals surface area contributed by atoms with Gasteiger partial charge < -0.3 is 4.90 Å². The van der Waals surface area contributed by atoms with E-state index in [2.05, 4.69) is 0 Å². The molecule has 0 fully saturated rings. The van der Waals surface area contributed by atoms with Crippen LogP contribution in [0, 0.1) is 11.6 Å². The van der Waals surface area contributed by atoms with Gasteiger partial charge in [-0.3, -0.25) is 4.79 Å². The molecular formula is C17H12F5NO. The molecule has 0 saturated heterocycles. The summed E-state index contributed by atoms with van der Waals surface area (Å²) in [4.78, 5) is 13.6. The molecule has 1 heterocycles. The number of hydrogen-bond donors (Lipinski definition) is 0. The highest BCUT2D eigenvalue weighted by Crippen LogP contribution is 2.32. The van der Waals surface area contributed by atoms with Gasteiger partial charge in [0, 0.05) is 18.2 Å². The normalized spacial score (nSPS) is 14.0. The lowest BCUT2D eigenvalue weighted by atomic mass is 10.1. The van der Waals surface area contributed by atoms with Crippen LogP contribution in [0.2, 0.25) is 0 Å². The molecule has 2 nitrogen and oxygen atoms in total. The van der Waals surface area contributed by atoms with Crippen molar-refractivity contribution in [3.63, 3.8) is 0 Å². The Hall–Kier alpha value is -2.44. The van der Waals surface area contributed by atoms with Gasteiger partial charge in [-0.05, 0) is 30.2 Å². The number of fused-ring (bicyclic) bond motifs is 1. The number of amides is 1. The summed E-state index contributed by atoms with van der Waals surface area (Å²) in [6.07, 6.45) is -4.30. The number of anilines is 1. The summed E-state index contributed by atoms with van der Waals surface area (Å²) < 4.78 is 64.6. The lowest BCUT2D eigenvalue weighted by molar-refractivity contribution is -0.137. The highest BCUT2D eigenvalue weighted by Gasteiger charge is 2.31. The minimum absolute atomic E-state index is 0.143. The van der Waals surface area contributed by atoms with Gasteiger partial charge in [0.1, 0.15) is 11.6 Å². The van der Waals surface area contributed by atoms with Crippen molar-refractivity contribution in [1.29, 1.82) is 0 Å². The van der Waals surface area contributed by atoms with E-state index < -0.39 is 29.3 Å². The van der Waals surface area contributed by atoms with Crippen LogP contribution in [0.4, 0.5) is 27.6 Å². The Morgan fingerprint density at radius 1 is 1.08 bits per heavy atom. The molecule has 3 rings (SSSR count). The SMILES string of the molecule is O=C(Cc1ccc(C(F)(F)F)cc1)N1CCc2c(F)cc(F)cc21. The third kappa shape index (κ3) is 3.11. The molecule has 0 spiro atoms. The lowest BCUT2D eigenvalue weighted by Gasteiger charge is -2.17. The molecule has 1 aliphatic rings. The van der Waals surface area contributed by atoms with Crippen molar-refractivity contribution in [2.24, 2.45) is 0 Å². The van der Waals surface area contributed by atoms with Crippen LogP contribution < -0.4 is 4.90 Å². The monoisotopic (exact) mass is 341 g/mol. The number of rotatable bonds is 2. The first kappa shape index (κ1) is 16.4. The molecule has 0 bridgehead atoms. The van der Waals surface area contributed by atoms with E-state index in [-0.39, 0.29) is 30.6 Å². The molecule has 2 aromatic carbocycles. The summed E-state index contributed by atoms with van der Waals surface area (Å²) in [5, 5.41) is 0. The maximum atomic E-state index is 13.7. The third-order valence-corrected chi connectivity index (χ3v) is 3.95. The Morgan fingerprint density at radius 3 is 2.38 bits per heavy atom. The maximum Gasteiger partial charge on any atom is 0.416 e. The van der Waals surface area contributed by atoms with E-state index >= 15 is 0 Å². The molecule has 0 saturated carbocycles. The van der Waals surface area contributed by atoms with E-state index in [4.69, 9.17) is 0 Å². The average Bonchev–Trinajstić information content (AvgIpc) is 2.91. The van der Waals surface area contributed by atoms with Crippen LogP contribution in [0.25, 0.3) is 0 Å². The van der Waals surface area contributed by atoms with Crippen LogP contribution in [-0.2, 0) is 23.8 Å². The Morgan fingerprint density at radius 2 is 1.75 bits per heavy atom. The topological polar surface area (TPSA) is 20.3 Å². The average molecular weight is 341 g/mol. The lowest BCUT2D eigenvalue weighted by Crippen LogP contribution is -2.30. The van der Waals surface area contributed by atoms with Gasteiger partial charge in [-0.1, -0.05) is 12.1 Å². The fourth-order valence-electron chi connectivity index (χ4n) is 2.76. The van der Waals surface area contributed by atoms with Gasteiger partial charge in [0.25, 0.3) is 0 Å². The van der Waals surface area contributed by atoms with Crippen molar-refractivity contribution >= 4 is 11.6 Å². The van der Waals surface area contributed by atoms with Gasteiger partial charge >= 0.3 is 6.18 Å². The van der Waals surface area contributed by atoms with E-state index in [9.17, 15) is 26.7 Å². The van der Waals surface area contributed by atoms with Gasteiger partial charge in [0.15, 0.2) is 0 Å². The van der Waals surface area contributed by atoms with Gasteiger partial charge in [0.05, 0.1) is 17.7 Å². The van der Waals surface area contributed by atoms with Crippen LogP contribution in [0.5, 0.6) is 0 Å². The summed E-state index contributed by atoms with van der Waals surface area (Å²) in [5.41, 5.74) is 0.0641. The Bertz CT molecular complexity index is 783. The minimum atomic E-state index is -4.44. The first-order chi connectivity index (χ1) is 11.3. The third-order valence-electron chi connectivity index (χ3n) is 3.95. The van der Waals surface area contributed by atoms with E-state index in [0.29, 0.717) is 5.56 Å². The van der Waals surface area contributed by atoms with Crippen LogP contribution in [-0.4, -0.2) is 12.5 Å². The molecule has 126 valence electrons. The van der Waals surface area contributed by atoms with E-state index in [1.165, 1.54) is 17.0 Å². The largest absolute Gasteiger partial charge is 0.416 e. The van der Waals surface area contributed by atoms with Crippen LogP contribution >= 0.6 is 0 Å². The van der Waals surface area contributed by atoms with Crippen molar-refractivity contribution in [3.8, 4) is 0 Å². The number of carbonyl (C=O) groups excluding carboxylic acids is 1. The summed E-state index contributed by atoms with van der Waals surface area (Å²) in [6.45, 7) is 0.217. The van der Waals surface area contributed by atoms with E-state index in [1.807, 2.05) is 0 Å². The number of benzene rings is 2. The first-order valence-electron chi connectivity index (χ1n) is 7.20. The van der Waals surface area contributed by atoms with Crippen LogP contribution in [0.3, 0.4) is 0 Å². The molecule has 0 aliphatic carbocycles. The summed E-state index contributed by atoms with van der Waals surface area (Å²) in [5.74, 6) is -1.89. The number of carbonyl (C=O) groups is 1. The molecule has 1 aliphatic heterocycles. The van der Waals surface area contributed by atoms with Gasteiger partial charge in [-0.2, -0.15) is 13.2 Å². The van der Waals surface area contributed by atoms with Crippen LogP contribution in [0.15, 0.2) is 36.4 Å². The Balaban J connectivity index is 1.78. The predicted molar refractivity (Wildman–Crippen MR) is 77.6 cm³/mol. The van der Waals surface area contributed by atoms with Crippen LogP contribution in [0.1, 0.15) is 16.7 Å². The molecule has 0 unspecified atom stereocenters. The molecule has 2 aromatic rings. The highest BCUT2D eigenvalue weighted by molar-refractivity contribution is 5.96. The molecule has 0 radical (unpaired) electrons. The van der Waals surface area contributed by atoms with Crippen molar-refractivity contribution in [1.82, 2.24) is 0 Å². The zero-order chi connectivity index (χ0) is 17.5. The minimum Gasteiger partial charge on any atom is -0.311 e. The van der Waals surface area contributed by atoms with E-state index in [1.54, 1.807) is 0 Å². The number of alkyl halides is 3. The number of hydrogen-bond acceptors (Lipinski definition) is 1. The summed E-state index contributed by atoms with van der Waals surface area (Å²) >= 11 is 0. The molecule has 7 heteroatoms. The molecule has 0 atom stereocenters. The second kappa shape index (κ2) is 5.89. The number of halogens is 5. The highest BCUT2D eigenvalue weighted by atomic mass is 19.4. The standard InChI is InChI=1S/C17H12F5NO/c18-12-8-14(19)13-5-6-23(15(13)9-12)16(24)7-10-1-3-11(4-2-10)17(20,21)22/h1-4,8-9H,5-7H2. The fourth-order valence-corrected chi connectivity index (χ4v) is 2.76. The Labute approximate surface area is 134 Å². The smallest absolute Gasteiger partial charge is 0.311 e. The second-order valence-corrected chi connectivity index (χ2v) is 5.55.